The molecule has 0 amide bonds. The second-order valence-electron chi connectivity index (χ2n) is 7.50. The second-order valence-corrected chi connectivity index (χ2v) is 7.50. The molecule has 0 saturated carbocycles. The molecule has 8 nitrogen and oxygen atoms in total. The average Bonchev–Trinajstić information content (AvgIpc) is 3.44. The van der Waals surface area contributed by atoms with Crippen molar-refractivity contribution in [3.8, 4) is 28.6 Å². The number of carbonyl (C=O) groups is 1. The zero-order chi connectivity index (χ0) is 23.4. The molecule has 1 N–H and O–H groups in total. The number of H-pyrrole nitrogens is 1. The Morgan fingerprint density at radius 3 is 2.79 bits per heavy atom. The van der Waals surface area contributed by atoms with Gasteiger partial charge in [-0.1, -0.05) is 5.16 Å². The Kier molecular flexibility index (Phi) is 6.22. The monoisotopic (exact) mass is 442 g/mol. The quantitative estimate of drug-likeness (QED) is 0.221. The third-order valence-corrected chi connectivity index (χ3v) is 4.70. The molecule has 0 aliphatic carbocycles. The van der Waals surface area contributed by atoms with Crippen molar-refractivity contribution in [3.05, 3.63) is 65.7 Å². The van der Waals surface area contributed by atoms with Crippen LogP contribution in [-0.4, -0.2) is 33.8 Å². The molecular formula is C25H22N4O4. The summed E-state index contributed by atoms with van der Waals surface area (Å²) in [6.07, 6.45) is 3.03. The van der Waals surface area contributed by atoms with Gasteiger partial charge in [-0.2, -0.15) is 4.98 Å². The van der Waals surface area contributed by atoms with Crippen LogP contribution in [0, 0.1) is 6.57 Å². The highest BCUT2D eigenvalue weighted by atomic mass is 16.5. The molecule has 0 unspecified atom stereocenters. The number of esters is 1. The minimum Gasteiger partial charge on any atom is -0.502 e. The lowest BCUT2D eigenvalue weighted by molar-refractivity contribution is -0.137. The molecule has 0 atom stereocenters. The van der Waals surface area contributed by atoms with Crippen molar-refractivity contribution in [2.24, 2.45) is 0 Å². The molecule has 0 radical (unpaired) electrons. The van der Waals surface area contributed by atoms with E-state index >= 15 is 0 Å². The largest absolute Gasteiger partial charge is 0.502 e. The molecule has 4 aromatic rings. The van der Waals surface area contributed by atoms with E-state index < -0.39 is 0 Å². The molecule has 33 heavy (non-hydrogen) atoms. The van der Waals surface area contributed by atoms with Crippen LogP contribution < -0.4 is 4.74 Å². The predicted octanol–water partition coefficient (Wildman–Crippen LogP) is 5.80. The molecule has 166 valence electrons. The maximum absolute atomic E-state index is 11.5. The Balaban J connectivity index is 1.59. The fourth-order valence-corrected chi connectivity index (χ4v) is 3.28. The number of hydrogen-bond donors (Lipinski definition) is 1. The van der Waals surface area contributed by atoms with Gasteiger partial charge in [0.1, 0.15) is 5.75 Å². The van der Waals surface area contributed by atoms with Gasteiger partial charge in [0.25, 0.3) is 5.89 Å². The second kappa shape index (κ2) is 9.40. The number of nitrogens with zero attached hydrogens (tertiary/aromatic N) is 3. The van der Waals surface area contributed by atoms with Crippen molar-refractivity contribution in [1.82, 2.24) is 15.1 Å². The zero-order valence-electron chi connectivity index (χ0n) is 18.5. The third-order valence-electron chi connectivity index (χ3n) is 4.70. The summed E-state index contributed by atoms with van der Waals surface area (Å²) in [5, 5.41) is 5.04. The Hall–Kier alpha value is -4.38. The van der Waals surface area contributed by atoms with Gasteiger partial charge >= 0.3 is 5.97 Å². The zero-order valence-corrected chi connectivity index (χ0v) is 18.5. The lowest BCUT2D eigenvalue weighted by Crippen LogP contribution is -2.05. The van der Waals surface area contributed by atoms with Crippen LogP contribution >= 0.6 is 0 Å². The van der Waals surface area contributed by atoms with Crippen molar-refractivity contribution in [1.29, 1.82) is 0 Å². The topological polar surface area (TPSA) is 94.6 Å². The first-order valence-corrected chi connectivity index (χ1v) is 10.5. The third kappa shape index (κ3) is 4.93. The van der Waals surface area contributed by atoms with E-state index in [1.165, 1.54) is 6.08 Å². The summed E-state index contributed by atoms with van der Waals surface area (Å²) >= 11 is 0. The van der Waals surface area contributed by atoms with Crippen molar-refractivity contribution >= 4 is 28.6 Å². The van der Waals surface area contributed by atoms with Crippen LogP contribution in [-0.2, 0) is 9.53 Å². The molecule has 0 aliphatic heterocycles. The smallest absolute Gasteiger partial charge is 0.330 e. The van der Waals surface area contributed by atoms with Crippen LogP contribution in [0.15, 0.2) is 53.1 Å². The van der Waals surface area contributed by atoms with Crippen molar-refractivity contribution in [2.75, 3.05) is 6.61 Å². The predicted molar refractivity (Wildman–Crippen MR) is 125 cm³/mol. The molecule has 4 rings (SSSR count). The lowest BCUT2D eigenvalue weighted by Gasteiger charge is -2.11. The van der Waals surface area contributed by atoms with Crippen LogP contribution in [0.25, 0.3) is 44.7 Å². The summed E-state index contributed by atoms with van der Waals surface area (Å²) in [6.45, 7) is 13.3. The Morgan fingerprint density at radius 2 is 2.03 bits per heavy atom. The maximum atomic E-state index is 11.5. The van der Waals surface area contributed by atoms with E-state index in [1.807, 2.05) is 38.1 Å². The molecule has 2 heterocycles. The Morgan fingerprint density at radius 1 is 1.21 bits per heavy atom. The number of hydrogen-bond acceptors (Lipinski definition) is 6. The molecule has 0 saturated heterocycles. The van der Waals surface area contributed by atoms with Gasteiger partial charge in [-0.25, -0.2) is 9.64 Å². The summed E-state index contributed by atoms with van der Waals surface area (Å²) in [4.78, 5) is 22.8. The van der Waals surface area contributed by atoms with Gasteiger partial charge in [0, 0.05) is 33.8 Å². The van der Waals surface area contributed by atoms with Crippen LogP contribution in [0.4, 0.5) is 5.69 Å². The molecule has 8 heteroatoms. The van der Waals surface area contributed by atoms with Crippen molar-refractivity contribution < 1.29 is 18.8 Å². The summed E-state index contributed by atoms with van der Waals surface area (Å²) in [5.74, 6) is 0.886. The SMILES string of the molecule is [C-]#[N+]c1cc(-c2nc(-c3ccc4[nH]c(C=CC(=O)OCC)cc4c3)no2)ccc1OC(C)C. The van der Waals surface area contributed by atoms with Gasteiger partial charge in [0.2, 0.25) is 11.5 Å². The first-order valence-electron chi connectivity index (χ1n) is 10.5. The minimum atomic E-state index is -0.388. The average molecular weight is 442 g/mol. The highest BCUT2D eigenvalue weighted by Gasteiger charge is 2.14. The summed E-state index contributed by atoms with van der Waals surface area (Å²) in [7, 11) is 0. The number of rotatable bonds is 7. The number of fused-ring (bicyclic) bond motifs is 1. The highest BCUT2D eigenvalue weighted by Crippen LogP contribution is 2.34. The van der Waals surface area contributed by atoms with E-state index in [2.05, 4.69) is 20.0 Å². The summed E-state index contributed by atoms with van der Waals surface area (Å²) in [6, 6.07) is 12.9. The van der Waals surface area contributed by atoms with E-state index in [9.17, 15) is 4.79 Å². The van der Waals surface area contributed by atoms with E-state index in [-0.39, 0.29) is 12.1 Å². The van der Waals surface area contributed by atoms with Gasteiger partial charge in [-0.15, -0.1) is 0 Å². The normalized spacial score (nSPS) is 11.2. The van der Waals surface area contributed by atoms with Crippen LogP contribution in [0.2, 0.25) is 0 Å². The maximum Gasteiger partial charge on any atom is 0.330 e. The van der Waals surface area contributed by atoms with E-state index in [0.717, 1.165) is 22.2 Å². The van der Waals surface area contributed by atoms with Crippen molar-refractivity contribution in [2.45, 2.75) is 26.9 Å². The van der Waals surface area contributed by atoms with Crippen LogP contribution in [0.1, 0.15) is 26.5 Å². The number of ether oxygens (including phenoxy) is 2. The van der Waals surface area contributed by atoms with Gasteiger partial charge < -0.3 is 19.0 Å². The number of carbonyl (C=O) groups excluding carboxylic acids is 1. The Labute approximate surface area is 190 Å². The summed E-state index contributed by atoms with van der Waals surface area (Å²) < 4.78 is 16.0. The van der Waals surface area contributed by atoms with Crippen LogP contribution in [0.5, 0.6) is 5.75 Å². The molecule has 0 aliphatic rings. The van der Waals surface area contributed by atoms with Gasteiger partial charge in [0.05, 0.1) is 19.3 Å². The molecule has 0 fully saturated rings. The molecule has 2 aromatic heterocycles. The molecule has 2 aromatic carbocycles. The minimum absolute atomic E-state index is 0.0316. The molecule has 0 spiro atoms. The van der Waals surface area contributed by atoms with E-state index in [1.54, 1.807) is 31.2 Å². The summed E-state index contributed by atoms with van der Waals surface area (Å²) in [5.41, 5.74) is 3.50. The van der Waals surface area contributed by atoms with Gasteiger partial charge in [0.15, 0.2) is 0 Å². The number of aromatic amines is 1. The number of benzene rings is 2. The lowest BCUT2D eigenvalue weighted by atomic mass is 10.1. The van der Waals surface area contributed by atoms with Gasteiger partial charge in [-0.05, 0) is 69.3 Å². The highest BCUT2D eigenvalue weighted by molar-refractivity contribution is 5.90. The molecule has 0 bridgehead atoms. The fraction of sp³-hybridized carbons (Fsp3) is 0.200. The first-order chi connectivity index (χ1) is 16.0. The van der Waals surface area contributed by atoms with Crippen molar-refractivity contribution in [3.63, 3.8) is 0 Å². The van der Waals surface area contributed by atoms with Crippen LogP contribution in [0.3, 0.4) is 0 Å². The van der Waals surface area contributed by atoms with Gasteiger partial charge in [-0.3, -0.25) is 0 Å². The Bertz CT molecular complexity index is 1370. The standard InChI is InChI=1S/C25H22N4O4/c1-5-31-23(30)11-8-19-13-18-12-16(6-9-20(18)27-19)24-28-25(33-29-24)17-7-10-22(32-15(2)3)21(14-17)26-4/h6-15,27H,5H2,1-3H3. The molecular weight excluding hydrogens is 420 g/mol. The fourth-order valence-electron chi connectivity index (χ4n) is 3.28. The number of aromatic nitrogens is 3. The van der Waals surface area contributed by atoms with E-state index in [4.69, 9.17) is 20.6 Å². The number of nitrogens with one attached hydrogen (secondary N) is 1. The van der Waals surface area contributed by atoms with E-state index in [0.29, 0.717) is 35.3 Å². The first kappa shape index (κ1) is 21.8.